The zero-order valence-corrected chi connectivity index (χ0v) is 9.58. The van der Waals surface area contributed by atoms with Gasteiger partial charge in [0.2, 0.25) is 0 Å². The maximum Gasteiger partial charge on any atom is 0.126 e. The van der Waals surface area contributed by atoms with Crippen molar-refractivity contribution in [2.45, 2.75) is 37.8 Å². The minimum Gasteiger partial charge on any atom is -0.375 e. The van der Waals surface area contributed by atoms with Crippen LogP contribution in [0.3, 0.4) is 0 Å². The molecule has 2 atom stereocenters. The minimum absolute atomic E-state index is 0.161. The van der Waals surface area contributed by atoms with Gasteiger partial charge in [-0.3, -0.25) is 0 Å². The predicted molar refractivity (Wildman–Crippen MR) is 61.7 cm³/mol. The molecular weight excluding hydrogens is 205 g/mol. The highest BCUT2D eigenvalue weighted by molar-refractivity contribution is 5.19. The molecule has 2 rings (SSSR count). The first-order valence-electron chi connectivity index (χ1n) is 5.72. The van der Waals surface area contributed by atoms with Crippen molar-refractivity contribution in [2.24, 2.45) is 5.73 Å². The topological polar surface area (TPSA) is 35.2 Å². The molecule has 1 fully saturated rings. The van der Waals surface area contributed by atoms with Crippen LogP contribution in [0.5, 0.6) is 0 Å². The Labute approximate surface area is 95.6 Å². The van der Waals surface area contributed by atoms with Gasteiger partial charge < -0.3 is 10.5 Å². The molecule has 2 nitrogen and oxygen atoms in total. The van der Waals surface area contributed by atoms with Gasteiger partial charge in [0.15, 0.2) is 0 Å². The Bertz CT molecular complexity index is 369. The van der Waals surface area contributed by atoms with Gasteiger partial charge in [-0.2, -0.15) is 0 Å². The second-order valence-corrected chi connectivity index (χ2v) is 4.82. The highest BCUT2D eigenvalue weighted by Gasteiger charge is 2.32. The summed E-state index contributed by atoms with van der Waals surface area (Å²) in [6, 6.07) is 7.02. The van der Waals surface area contributed by atoms with Gasteiger partial charge in [-0.05, 0) is 31.4 Å². The molecule has 3 heteroatoms. The van der Waals surface area contributed by atoms with E-state index in [1.165, 1.54) is 6.07 Å². The minimum atomic E-state index is -0.320. The molecule has 0 radical (unpaired) electrons. The molecule has 1 aromatic carbocycles. The lowest BCUT2D eigenvalue weighted by molar-refractivity contribution is -0.0710. The zero-order chi connectivity index (χ0) is 11.6. The van der Waals surface area contributed by atoms with Crippen molar-refractivity contribution in [3.8, 4) is 0 Å². The number of halogens is 1. The lowest BCUT2D eigenvalue weighted by atomic mass is 9.87. The Morgan fingerprint density at radius 2 is 2.25 bits per heavy atom. The second-order valence-electron chi connectivity index (χ2n) is 4.82. The van der Waals surface area contributed by atoms with Gasteiger partial charge in [-0.1, -0.05) is 18.2 Å². The van der Waals surface area contributed by atoms with E-state index in [-0.39, 0.29) is 17.5 Å². The summed E-state index contributed by atoms with van der Waals surface area (Å²) >= 11 is 0. The van der Waals surface area contributed by atoms with Crippen molar-refractivity contribution >= 4 is 0 Å². The monoisotopic (exact) mass is 223 g/mol. The average Bonchev–Trinajstić information content (AvgIpc) is 2.21. The number of nitrogens with two attached hydrogens (primary N) is 1. The van der Waals surface area contributed by atoms with Crippen molar-refractivity contribution in [3.05, 3.63) is 35.6 Å². The van der Waals surface area contributed by atoms with E-state index in [9.17, 15) is 4.39 Å². The highest BCUT2D eigenvalue weighted by atomic mass is 19.1. The second kappa shape index (κ2) is 4.52. The van der Waals surface area contributed by atoms with Crippen LogP contribution in [0.1, 0.15) is 25.3 Å². The van der Waals surface area contributed by atoms with Crippen LogP contribution in [-0.4, -0.2) is 18.2 Å². The number of hydrogen-bond donors (Lipinski definition) is 1. The van der Waals surface area contributed by atoms with Gasteiger partial charge in [0.25, 0.3) is 0 Å². The first-order chi connectivity index (χ1) is 7.59. The SMILES string of the molecule is CC1(Cc2ccccc2F)CC(N)CCO1. The zero-order valence-electron chi connectivity index (χ0n) is 9.58. The van der Waals surface area contributed by atoms with Crippen molar-refractivity contribution < 1.29 is 9.13 Å². The molecule has 0 amide bonds. The summed E-state index contributed by atoms with van der Waals surface area (Å²) in [4.78, 5) is 0. The van der Waals surface area contributed by atoms with Crippen molar-refractivity contribution in [1.82, 2.24) is 0 Å². The van der Waals surface area contributed by atoms with E-state index in [0.717, 1.165) is 12.8 Å². The van der Waals surface area contributed by atoms with E-state index in [2.05, 4.69) is 0 Å². The molecule has 0 saturated carbocycles. The number of ether oxygens (including phenoxy) is 1. The summed E-state index contributed by atoms with van der Waals surface area (Å²) in [5.41, 5.74) is 6.32. The summed E-state index contributed by atoms with van der Waals surface area (Å²) in [7, 11) is 0. The van der Waals surface area contributed by atoms with E-state index in [4.69, 9.17) is 10.5 Å². The van der Waals surface area contributed by atoms with Crippen LogP contribution in [0.25, 0.3) is 0 Å². The Morgan fingerprint density at radius 3 is 2.94 bits per heavy atom. The fraction of sp³-hybridized carbons (Fsp3) is 0.538. The largest absolute Gasteiger partial charge is 0.375 e. The molecule has 0 bridgehead atoms. The third-order valence-corrected chi connectivity index (χ3v) is 3.16. The van der Waals surface area contributed by atoms with Crippen molar-refractivity contribution in [2.75, 3.05) is 6.61 Å². The lowest BCUT2D eigenvalue weighted by Gasteiger charge is -2.37. The number of rotatable bonds is 2. The molecule has 1 aliphatic heterocycles. The lowest BCUT2D eigenvalue weighted by Crippen LogP contribution is -2.44. The average molecular weight is 223 g/mol. The Hall–Kier alpha value is -0.930. The summed E-state index contributed by atoms with van der Waals surface area (Å²) < 4.78 is 19.3. The molecule has 1 aromatic rings. The van der Waals surface area contributed by atoms with Crippen LogP contribution in [0.4, 0.5) is 4.39 Å². The molecule has 2 unspecified atom stereocenters. The van der Waals surface area contributed by atoms with Gasteiger partial charge in [0.05, 0.1) is 5.60 Å². The molecule has 1 saturated heterocycles. The van der Waals surface area contributed by atoms with Crippen LogP contribution in [0, 0.1) is 5.82 Å². The predicted octanol–water partition coefficient (Wildman–Crippen LogP) is 2.26. The summed E-state index contributed by atoms with van der Waals surface area (Å²) in [6.45, 7) is 2.69. The molecule has 16 heavy (non-hydrogen) atoms. The molecule has 0 aliphatic carbocycles. The highest BCUT2D eigenvalue weighted by Crippen LogP contribution is 2.28. The molecular formula is C13H18FNO. The third kappa shape index (κ3) is 2.60. The molecule has 1 heterocycles. The van der Waals surface area contributed by atoms with Crippen LogP contribution < -0.4 is 5.73 Å². The number of benzene rings is 1. The van der Waals surface area contributed by atoms with E-state index in [1.54, 1.807) is 6.07 Å². The van der Waals surface area contributed by atoms with Gasteiger partial charge in [0.1, 0.15) is 5.82 Å². The smallest absolute Gasteiger partial charge is 0.126 e. The van der Waals surface area contributed by atoms with Gasteiger partial charge in [-0.15, -0.1) is 0 Å². The van der Waals surface area contributed by atoms with Crippen LogP contribution in [0.2, 0.25) is 0 Å². The Morgan fingerprint density at radius 1 is 1.50 bits per heavy atom. The van der Waals surface area contributed by atoms with Gasteiger partial charge in [-0.25, -0.2) is 4.39 Å². The fourth-order valence-electron chi connectivity index (χ4n) is 2.34. The molecule has 2 N–H and O–H groups in total. The Kier molecular flexibility index (Phi) is 3.26. The molecule has 1 aliphatic rings. The molecule has 0 aromatic heterocycles. The van der Waals surface area contributed by atoms with Crippen LogP contribution in [0.15, 0.2) is 24.3 Å². The summed E-state index contributed by atoms with van der Waals surface area (Å²) in [6.07, 6.45) is 2.28. The van der Waals surface area contributed by atoms with Crippen LogP contribution >= 0.6 is 0 Å². The van der Waals surface area contributed by atoms with E-state index in [0.29, 0.717) is 18.6 Å². The Balaban J connectivity index is 2.11. The van der Waals surface area contributed by atoms with E-state index >= 15 is 0 Å². The van der Waals surface area contributed by atoms with Gasteiger partial charge in [0, 0.05) is 19.1 Å². The number of hydrogen-bond acceptors (Lipinski definition) is 2. The molecule has 88 valence electrons. The van der Waals surface area contributed by atoms with E-state index < -0.39 is 0 Å². The standard InChI is InChI=1S/C13H18FNO/c1-13(9-11(15)6-7-16-13)8-10-4-2-3-5-12(10)14/h2-5,11H,6-9,15H2,1H3. The van der Waals surface area contributed by atoms with Gasteiger partial charge >= 0.3 is 0 Å². The van der Waals surface area contributed by atoms with Crippen molar-refractivity contribution in [3.63, 3.8) is 0 Å². The van der Waals surface area contributed by atoms with E-state index in [1.807, 2.05) is 19.1 Å². The quantitative estimate of drug-likeness (QED) is 0.834. The first kappa shape index (κ1) is 11.6. The van der Waals surface area contributed by atoms with Crippen LogP contribution in [-0.2, 0) is 11.2 Å². The normalized spacial score (nSPS) is 30.3. The maximum atomic E-state index is 13.5. The summed E-state index contributed by atoms with van der Waals surface area (Å²) in [5, 5.41) is 0. The fourth-order valence-corrected chi connectivity index (χ4v) is 2.34. The van der Waals surface area contributed by atoms with Crippen molar-refractivity contribution in [1.29, 1.82) is 0 Å². The first-order valence-corrected chi connectivity index (χ1v) is 5.72. The summed E-state index contributed by atoms with van der Waals surface area (Å²) in [5.74, 6) is -0.161. The molecule has 0 spiro atoms. The third-order valence-electron chi connectivity index (χ3n) is 3.16. The maximum absolute atomic E-state index is 13.5.